The lowest BCUT2D eigenvalue weighted by atomic mass is 10.2. The third-order valence-corrected chi connectivity index (χ3v) is 4.84. The second kappa shape index (κ2) is 9.66. The highest BCUT2D eigenvalue weighted by Gasteiger charge is 2.12. The van der Waals surface area contributed by atoms with Gasteiger partial charge in [-0.3, -0.25) is 9.48 Å². The largest absolute Gasteiger partial charge is 0.356 e. The highest BCUT2D eigenvalue weighted by atomic mass is 35.5. The fourth-order valence-electron chi connectivity index (χ4n) is 3.41. The Balaban J connectivity index is 0.00000225. The molecular weight excluding hydrogens is 378 g/mol. The van der Waals surface area contributed by atoms with Crippen molar-refractivity contribution in [3.63, 3.8) is 0 Å². The number of nitrogens with zero attached hydrogens (tertiary/aromatic N) is 5. The van der Waals surface area contributed by atoms with Crippen molar-refractivity contribution in [2.45, 2.75) is 45.3 Å². The maximum absolute atomic E-state index is 12.1. The van der Waals surface area contributed by atoms with E-state index in [0.717, 1.165) is 55.7 Å². The Hall–Kier alpha value is -2.45. The number of aromatic nitrogens is 5. The van der Waals surface area contributed by atoms with E-state index in [0.29, 0.717) is 19.4 Å². The van der Waals surface area contributed by atoms with Gasteiger partial charge in [-0.05, 0) is 37.6 Å². The van der Waals surface area contributed by atoms with E-state index in [2.05, 4.69) is 36.8 Å². The summed E-state index contributed by atoms with van der Waals surface area (Å²) in [5.74, 6) is 0.0692. The predicted octanol–water partition coefficient (Wildman–Crippen LogP) is 1.68. The van der Waals surface area contributed by atoms with Crippen molar-refractivity contribution in [2.75, 3.05) is 13.1 Å². The van der Waals surface area contributed by atoms with Crippen LogP contribution in [0.3, 0.4) is 0 Å². The topological polar surface area (TPSA) is 89.7 Å². The average molecular weight is 404 g/mol. The quantitative estimate of drug-likeness (QED) is 0.586. The minimum atomic E-state index is 0. The van der Waals surface area contributed by atoms with Crippen molar-refractivity contribution in [3.8, 4) is 0 Å². The van der Waals surface area contributed by atoms with E-state index >= 15 is 0 Å². The Morgan fingerprint density at radius 3 is 3.11 bits per heavy atom. The molecular formula is C19H26ClN7O. The van der Waals surface area contributed by atoms with Crippen LogP contribution in [-0.4, -0.2) is 43.8 Å². The molecule has 28 heavy (non-hydrogen) atoms. The molecule has 2 N–H and O–H groups in total. The van der Waals surface area contributed by atoms with Gasteiger partial charge in [-0.15, -0.1) is 17.5 Å². The highest BCUT2D eigenvalue weighted by Crippen LogP contribution is 2.11. The Bertz CT molecular complexity index is 897. The summed E-state index contributed by atoms with van der Waals surface area (Å²) in [5.41, 5.74) is 4.13. The van der Waals surface area contributed by atoms with E-state index in [1.54, 1.807) is 0 Å². The van der Waals surface area contributed by atoms with Crippen molar-refractivity contribution in [2.24, 2.45) is 0 Å². The molecule has 0 aliphatic carbocycles. The first-order valence-electron chi connectivity index (χ1n) is 9.61. The number of nitrogens with one attached hydrogen (secondary N) is 2. The molecule has 150 valence electrons. The maximum atomic E-state index is 12.1. The van der Waals surface area contributed by atoms with Gasteiger partial charge in [0.05, 0.1) is 16.9 Å². The smallest absolute Gasteiger partial charge is 0.220 e. The average Bonchev–Trinajstić information content (AvgIpc) is 3.21. The molecule has 0 unspecified atom stereocenters. The number of carbonyl (C=O) groups is 1. The number of hydrogen-bond acceptors (Lipinski definition) is 5. The van der Waals surface area contributed by atoms with Crippen LogP contribution in [0.1, 0.15) is 30.7 Å². The first-order chi connectivity index (χ1) is 13.3. The molecule has 0 bridgehead atoms. The van der Waals surface area contributed by atoms with Crippen LogP contribution in [-0.2, 0) is 30.8 Å². The molecule has 0 radical (unpaired) electrons. The second-order valence-electron chi connectivity index (χ2n) is 6.89. The van der Waals surface area contributed by atoms with Gasteiger partial charge in [0, 0.05) is 39.0 Å². The Labute approximate surface area is 170 Å². The van der Waals surface area contributed by atoms with Crippen molar-refractivity contribution in [1.82, 2.24) is 35.4 Å². The van der Waals surface area contributed by atoms with Crippen molar-refractivity contribution in [1.29, 1.82) is 0 Å². The number of rotatable bonds is 7. The normalized spacial score (nSPS) is 13.6. The molecule has 4 rings (SSSR count). The number of halogens is 1. The molecule has 3 heterocycles. The van der Waals surface area contributed by atoms with E-state index in [-0.39, 0.29) is 18.3 Å². The van der Waals surface area contributed by atoms with Crippen LogP contribution >= 0.6 is 12.4 Å². The van der Waals surface area contributed by atoms with E-state index in [1.807, 2.05) is 28.9 Å². The third kappa shape index (κ3) is 4.88. The number of fused-ring (bicyclic) bond motifs is 2. The van der Waals surface area contributed by atoms with E-state index in [1.165, 1.54) is 5.69 Å². The summed E-state index contributed by atoms with van der Waals surface area (Å²) in [4.78, 5) is 12.1. The number of para-hydroxylation sites is 1. The predicted molar refractivity (Wildman–Crippen MR) is 109 cm³/mol. The van der Waals surface area contributed by atoms with Crippen molar-refractivity contribution < 1.29 is 4.79 Å². The zero-order valence-corrected chi connectivity index (χ0v) is 16.6. The van der Waals surface area contributed by atoms with E-state index in [4.69, 9.17) is 0 Å². The van der Waals surface area contributed by atoms with Gasteiger partial charge in [-0.2, -0.15) is 5.10 Å². The number of amides is 1. The van der Waals surface area contributed by atoms with Gasteiger partial charge in [-0.1, -0.05) is 17.3 Å². The molecule has 8 nitrogen and oxygen atoms in total. The summed E-state index contributed by atoms with van der Waals surface area (Å²) in [5, 5.41) is 19.3. The number of aryl methyl sites for hydroxylation is 3. The molecule has 2 aromatic heterocycles. The molecule has 1 aliphatic heterocycles. The van der Waals surface area contributed by atoms with Crippen molar-refractivity contribution >= 4 is 29.3 Å². The lowest BCUT2D eigenvalue weighted by Gasteiger charge is -2.05. The molecule has 3 aromatic rings. The van der Waals surface area contributed by atoms with Crippen LogP contribution in [0.15, 0.2) is 30.3 Å². The summed E-state index contributed by atoms with van der Waals surface area (Å²) in [6.07, 6.45) is 3.06. The third-order valence-electron chi connectivity index (χ3n) is 4.84. The van der Waals surface area contributed by atoms with E-state index in [9.17, 15) is 4.79 Å². The van der Waals surface area contributed by atoms with Crippen LogP contribution in [0, 0.1) is 0 Å². The summed E-state index contributed by atoms with van der Waals surface area (Å²) < 4.78 is 3.95. The van der Waals surface area contributed by atoms with Crippen molar-refractivity contribution in [3.05, 3.63) is 41.7 Å². The van der Waals surface area contributed by atoms with Gasteiger partial charge in [0.25, 0.3) is 0 Å². The van der Waals surface area contributed by atoms with Crippen LogP contribution in [0.5, 0.6) is 0 Å². The minimum Gasteiger partial charge on any atom is -0.356 e. The monoisotopic (exact) mass is 403 g/mol. The zero-order valence-electron chi connectivity index (χ0n) is 15.8. The summed E-state index contributed by atoms with van der Waals surface area (Å²) in [6.45, 7) is 4.21. The van der Waals surface area contributed by atoms with E-state index < -0.39 is 0 Å². The Morgan fingerprint density at radius 1 is 1.29 bits per heavy atom. The molecule has 1 amide bonds. The molecule has 0 spiro atoms. The summed E-state index contributed by atoms with van der Waals surface area (Å²) in [7, 11) is 0. The first-order valence-corrected chi connectivity index (χ1v) is 9.61. The van der Waals surface area contributed by atoms with Crippen LogP contribution in [0.2, 0.25) is 0 Å². The molecule has 0 fully saturated rings. The van der Waals surface area contributed by atoms with Gasteiger partial charge >= 0.3 is 0 Å². The molecule has 1 aromatic carbocycles. The fourth-order valence-corrected chi connectivity index (χ4v) is 3.41. The first kappa shape index (κ1) is 20.3. The Kier molecular flexibility index (Phi) is 7.00. The zero-order chi connectivity index (χ0) is 18.5. The standard InChI is InChI=1S/C19H25N7O.ClH/c27-19(8-7-15-13-16-14-20-9-3-11-25(16)23-15)21-10-4-12-26-18-6-2-1-5-17(18)22-24-26;/h1-2,5-6,13,20H,3-4,7-12,14H2,(H,21,27);1H. The molecule has 0 saturated carbocycles. The maximum Gasteiger partial charge on any atom is 0.220 e. The van der Waals surface area contributed by atoms with Crippen LogP contribution in [0.25, 0.3) is 11.0 Å². The summed E-state index contributed by atoms with van der Waals surface area (Å²) >= 11 is 0. The molecule has 0 atom stereocenters. The van der Waals surface area contributed by atoms with Crippen LogP contribution in [0.4, 0.5) is 0 Å². The van der Waals surface area contributed by atoms with Gasteiger partial charge in [0.15, 0.2) is 0 Å². The van der Waals surface area contributed by atoms with Gasteiger partial charge in [-0.25, -0.2) is 4.68 Å². The van der Waals surface area contributed by atoms with Gasteiger partial charge in [0.1, 0.15) is 5.52 Å². The lowest BCUT2D eigenvalue weighted by molar-refractivity contribution is -0.121. The molecule has 1 aliphatic rings. The lowest BCUT2D eigenvalue weighted by Crippen LogP contribution is -2.25. The van der Waals surface area contributed by atoms with Gasteiger partial charge in [0.2, 0.25) is 5.91 Å². The minimum absolute atomic E-state index is 0. The SMILES string of the molecule is Cl.O=C(CCc1cc2n(n1)CCCNC2)NCCCn1nnc2ccccc21. The fraction of sp³-hybridized carbons (Fsp3) is 0.474. The number of benzene rings is 1. The molecule has 9 heteroatoms. The van der Waals surface area contributed by atoms with Gasteiger partial charge < -0.3 is 10.6 Å². The highest BCUT2D eigenvalue weighted by molar-refractivity contribution is 5.85. The Morgan fingerprint density at radius 2 is 2.18 bits per heavy atom. The van der Waals surface area contributed by atoms with Crippen LogP contribution < -0.4 is 10.6 Å². The number of hydrogen-bond donors (Lipinski definition) is 2. The summed E-state index contributed by atoms with van der Waals surface area (Å²) in [6, 6.07) is 10.0. The second-order valence-corrected chi connectivity index (χ2v) is 6.89. The molecule has 0 saturated heterocycles. The number of carbonyl (C=O) groups excluding carboxylic acids is 1.